The highest BCUT2D eigenvalue weighted by atomic mass is 35.5. The van der Waals surface area contributed by atoms with E-state index < -0.39 is 11.8 Å². The van der Waals surface area contributed by atoms with Crippen LogP contribution in [0.1, 0.15) is 10.4 Å². The van der Waals surface area contributed by atoms with Gasteiger partial charge in [-0.15, -0.1) is 0 Å². The van der Waals surface area contributed by atoms with Gasteiger partial charge < -0.3 is 4.74 Å². The maximum atomic E-state index is 12.6. The number of hydrogen-bond acceptors (Lipinski definition) is 4. The molecular formula is C19H16ClN3O3. The molecule has 3 rings (SSSR count). The molecule has 0 fully saturated rings. The van der Waals surface area contributed by atoms with Gasteiger partial charge in [-0.05, 0) is 24.3 Å². The zero-order chi connectivity index (χ0) is 18.5. The molecule has 2 amide bonds. The van der Waals surface area contributed by atoms with Crippen molar-refractivity contribution in [1.29, 1.82) is 0 Å². The lowest BCUT2D eigenvalue weighted by Gasteiger charge is -2.11. The van der Waals surface area contributed by atoms with E-state index >= 15 is 0 Å². The fraction of sp³-hybridized carbons (Fsp3) is 0.105. The molecular weight excluding hydrogens is 354 g/mol. The first-order chi connectivity index (χ1) is 12.6. The highest BCUT2D eigenvalue weighted by Crippen LogP contribution is 2.25. The lowest BCUT2D eigenvalue weighted by molar-refractivity contribution is -0.125. The number of amides is 2. The Labute approximate surface area is 155 Å². The number of pyridine rings is 1. The van der Waals surface area contributed by atoms with E-state index in [0.717, 1.165) is 5.56 Å². The zero-order valence-corrected chi connectivity index (χ0v) is 14.7. The van der Waals surface area contributed by atoms with Crippen LogP contribution in [-0.4, -0.2) is 30.5 Å². The van der Waals surface area contributed by atoms with Gasteiger partial charge in [0.25, 0.3) is 11.8 Å². The fourth-order valence-electron chi connectivity index (χ4n) is 2.49. The number of para-hydroxylation sites is 1. The predicted octanol–water partition coefficient (Wildman–Crippen LogP) is 2.96. The molecule has 0 bridgehead atoms. The molecule has 7 heteroatoms. The van der Waals surface area contributed by atoms with Gasteiger partial charge >= 0.3 is 0 Å². The van der Waals surface area contributed by atoms with Crippen LogP contribution in [0, 0.1) is 0 Å². The maximum Gasteiger partial charge on any atom is 0.270 e. The van der Waals surface area contributed by atoms with Crippen molar-refractivity contribution in [2.75, 3.05) is 13.7 Å². The maximum absolute atomic E-state index is 12.6. The first-order valence-electron chi connectivity index (χ1n) is 7.82. The van der Waals surface area contributed by atoms with E-state index in [4.69, 9.17) is 16.3 Å². The van der Waals surface area contributed by atoms with E-state index in [9.17, 15) is 9.59 Å². The summed E-state index contributed by atoms with van der Waals surface area (Å²) < 4.78 is 4.71. The topological polar surface area (TPSA) is 80.3 Å². The van der Waals surface area contributed by atoms with Crippen LogP contribution >= 0.6 is 11.6 Å². The number of fused-ring (bicyclic) bond motifs is 1. The molecule has 0 unspecified atom stereocenters. The summed E-state index contributed by atoms with van der Waals surface area (Å²) in [5.41, 5.74) is 7.25. The number of halogens is 1. The quantitative estimate of drug-likeness (QED) is 0.693. The van der Waals surface area contributed by atoms with Crippen molar-refractivity contribution in [3.8, 4) is 11.3 Å². The zero-order valence-electron chi connectivity index (χ0n) is 14.0. The van der Waals surface area contributed by atoms with Crippen LogP contribution in [0.4, 0.5) is 0 Å². The van der Waals surface area contributed by atoms with Gasteiger partial charge in [-0.3, -0.25) is 20.4 Å². The number of hydrazine groups is 1. The second-order valence-corrected chi connectivity index (χ2v) is 5.95. The highest BCUT2D eigenvalue weighted by Gasteiger charge is 2.14. The summed E-state index contributed by atoms with van der Waals surface area (Å²) in [6.45, 7) is -0.145. The molecule has 26 heavy (non-hydrogen) atoms. The van der Waals surface area contributed by atoms with E-state index in [1.54, 1.807) is 24.3 Å². The van der Waals surface area contributed by atoms with Crippen LogP contribution in [0.2, 0.25) is 5.02 Å². The Morgan fingerprint density at radius 2 is 1.81 bits per heavy atom. The second kappa shape index (κ2) is 7.95. The Hall–Kier alpha value is -2.96. The largest absolute Gasteiger partial charge is 0.375 e. The minimum atomic E-state index is -0.447. The number of carbonyl (C=O) groups excluding carboxylic acids is 2. The molecule has 6 nitrogen and oxygen atoms in total. The molecule has 2 N–H and O–H groups in total. The summed E-state index contributed by atoms with van der Waals surface area (Å²) in [4.78, 5) is 28.7. The van der Waals surface area contributed by atoms with Gasteiger partial charge in [-0.1, -0.05) is 41.9 Å². The Balaban J connectivity index is 1.98. The van der Waals surface area contributed by atoms with E-state index in [2.05, 4.69) is 15.8 Å². The summed E-state index contributed by atoms with van der Waals surface area (Å²) in [5, 5.41) is 1.30. The molecule has 0 radical (unpaired) electrons. The number of aromatic nitrogens is 1. The van der Waals surface area contributed by atoms with Crippen molar-refractivity contribution in [2.24, 2.45) is 0 Å². The molecule has 0 aliphatic rings. The van der Waals surface area contributed by atoms with E-state index in [1.807, 2.05) is 30.3 Å². The van der Waals surface area contributed by atoms with Gasteiger partial charge in [0.05, 0.1) is 16.8 Å². The molecule has 1 aromatic heterocycles. The molecule has 0 saturated heterocycles. The third-order valence-corrected chi connectivity index (χ3v) is 3.94. The first kappa shape index (κ1) is 17.8. The Kier molecular flexibility index (Phi) is 5.46. The molecule has 0 spiro atoms. The van der Waals surface area contributed by atoms with Crippen molar-refractivity contribution in [3.63, 3.8) is 0 Å². The number of methoxy groups -OCH3 is 1. The monoisotopic (exact) mass is 369 g/mol. The number of ether oxygens (including phenoxy) is 1. The van der Waals surface area contributed by atoms with Gasteiger partial charge in [0.2, 0.25) is 0 Å². The third kappa shape index (κ3) is 3.99. The van der Waals surface area contributed by atoms with Gasteiger partial charge in [-0.2, -0.15) is 0 Å². The second-order valence-electron chi connectivity index (χ2n) is 5.51. The highest BCUT2D eigenvalue weighted by molar-refractivity contribution is 6.30. The van der Waals surface area contributed by atoms with Crippen molar-refractivity contribution >= 4 is 34.3 Å². The van der Waals surface area contributed by atoms with E-state index in [-0.39, 0.29) is 6.61 Å². The third-order valence-electron chi connectivity index (χ3n) is 3.69. The molecule has 3 aromatic rings. The normalized spacial score (nSPS) is 10.5. The number of nitrogens with one attached hydrogen (secondary N) is 2. The average molecular weight is 370 g/mol. The standard InChI is InChI=1S/C19H16ClN3O3/c1-26-11-18(24)22-23-19(25)15-10-17(12-6-8-13(20)9-7-12)21-16-5-3-2-4-14(15)16/h2-10H,11H2,1H3,(H,22,24)(H,23,25). The van der Waals surface area contributed by atoms with Crippen molar-refractivity contribution in [2.45, 2.75) is 0 Å². The molecule has 2 aromatic carbocycles. The molecule has 0 saturated carbocycles. The van der Waals surface area contributed by atoms with Crippen LogP contribution in [0.5, 0.6) is 0 Å². The number of rotatable bonds is 4. The summed E-state index contributed by atoms with van der Waals surface area (Å²) in [6, 6.07) is 16.2. The summed E-state index contributed by atoms with van der Waals surface area (Å²) in [7, 11) is 1.40. The Bertz CT molecular complexity index is 958. The van der Waals surface area contributed by atoms with Crippen LogP contribution in [0.25, 0.3) is 22.2 Å². The number of carbonyl (C=O) groups is 2. The number of benzene rings is 2. The van der Waals surface area contributed by atoms with Crippen molar-refractivity contribution in [3.05, 3.63) is 65.2 Å². The first-order valence-corrected chi connectivity index (χ1v) is 8.20. The Morgan fingerprint density at radius 3 is 2.54 bits per heavy atom. The number of nitrogens with zero attached hydrogens (tertiary/aromatic N) is 1. The molecule has 0 aliphatic heterocycles. The molecule has 0 atom stereocenters. The SMILES string of the molecule is COCC(=O)NNC(=O)c1cc(-c2ccc(Cl)cc2)nc2ccccc12. The van der Waals surface area contributed by atoms with Gasteiger partial charge in [0.1, 0.15) is 6.61 Å². The van der Waals surface area contributed by atoms with Crippen LogP contribution < -0.4 is 10.9 Å². The minimum Gasteiger partial charge on any atom is -0.375 e. The minimum absolute atomic E-state index is 0.145. The molecule has 1 heterocycles. The summed E-state index contributed by atoms with van der Waals surface area (Å²) >= 11 is 5.94. The van der Waals surface area contributed by atoms with E-state index in [0.29, 0.717) is 27.2 Å². The molecule has 0 aliphatic carbocycles. The fourth-order valence-corrected chi connectivity index (χ4v) is 2.62. The molecule has 132 valence electrons. The van der Waals surface area contributed by atoms with Crippen LogP contribution in [0.15, 0.2) is 54.6 Å². The van der Waals surface area contributed by atoms with Crippen molar-refractivity contribution in [1.82, 2.24) is 15.8 Å². The summed E-state index contributed by atoms with van der Waals surface area (Å²) in [5.74, 6) is -0.889. The number of hydrogen-bond donors (Lipinski definition) is 2. The predicted molar refractivity (Wildman–Crippen MR) is 99.7 cm³/mol. The lowest BCUT2D eigenvalue weighted by Crippen LogP contribution is -2.43. The van der Waals surface area contributed by atoms with E-state index in [1.165, 1.54) is 7.11 Å². The lowest BCUT2D eigenvalue weighted by atomic mass is 10.0. The van der Waals surface area contributed by atoms with Crippen LogP contribution in [-0.2, 0) is 9.53 Å². The summed E-state index contributed by atoms with van der Waals surface area (Å²) in [6.07, 6.45) is 0. The van der Waals surface area contributed by atoms with Gasteiger partial charge in [0, 0.05) is 23.1 Å². The average Bonchev–Trinajstić information content (AvgIpc) is 2.66. The Morgan fingerprint density at radius 1 is 1.08 bits per heavy atom. The van der Waals surface area contributed by atoms with Crippen molar-refractivity contribution < 1.29 is 14.3 Å². The smallest absolute Gasteiger partial charge is 0.270 e. The van der Waals surface area contributed by atoms with Gasteiger partial charge in [-0.25, -0.2) is 4.98 Å². The van der Waals surface area contributed by atoms with Crippen LogP contribution in [0.3, 0.4) is 0 Å². The van der Waals surface area contributed by atoms with Gasteiger partial charge in [0.15, 0.2) is 0 Å².